The lowest BCUT2D eigenvalue weighted by Gasteiger charge is -2.27. The molecule has 1 aliphatic carbocycles. The lowest BCUT2D eigenvalue weighted by atomic mass is 9.79. The molecule has 0 saturated carbocycles. The van der Waals surface area contributed by atoms with Crippen molar-refractivity contribution in [1.29, 1.82) is 0 Å². The number of carbonyl (C=O) groups excluding carboxylic acids is 1. The molecule has 0 amide bonds. The maximum atomic E-state index is 13.4. The van der Waals surface area contributed by atoms with E-state index < -0.39 is 27.3 Å². The Morgan fingerprint density at radius 1 is 0.817 bits per heavy atom. The van der Waals surface area contributed by atoms with Gasteiger partial charge in [-0.05, 0) is 129 Å². The van der Waals surface area contributed by atoms with Gasteiger partial charge in [-0.15, -0.1) is 0 Å². The van der Waals surface area contributed by atoms with Crippen molar-refractivity contribution >= 4 is 54.9 Å². The predicted octanol–water partition coefficient (Wildman–Crippen LogP) is 12.4. The molecule has 0 fully saturated rings. The summed E-state index contributed by atoms with van der Waals surface area (Å²) >= 11 is 0. The van der Waals surface area contributed by atoms with Gasteiger partial charge in [0.05, 0.1) is 11.2 Å². The van der Waals surface area contributed by atoms with Crippen LogP contribution < -0.4 is 4.90 Å². The van der Waals surface area contributed by atoms with Crippen LogP contribution in [0, 0.1) is 0 Å². The Bertz CT molecular complexity index is 2600. The van der Waals surface area contributed by atoms with Crippen molar-refractivity contribution in [2.24, 2.45) is 0 Å². The van der Waals surface area contributed by atoms with Crippen LogP contribution >= 0.6 is 0 Å². The predicted molar refractivity (Wildman–Crippen MR) is 245 cm³/mol. The third-order valence-electron chi connectivity index (χ3n) is 12.2. The number of anilines is 1. The van der Waals surface area contributed by atoms with E-state index in [1.165, 1.54) is 38.7 Å². The number of ether oxygens (including phenoxy) is 2. The van der Waals surface area contributed by atoms with Gasteiger partial charge in [-0.1, -0.05) is 87.9 Å². The number of rotatable bonds is 13. The summed E-state index contributed by atoms with van der Waals surface area (Å²) in [4.78, 5) is 15.7. The molecule has 1 N–H and O–H groups in total. The van der Waals surface area contributed by atoms with Crippen LogP contribution in [0.4, 0.5) is 16.2 Å². The standard InChI is InChI=1S/C51H60N2O6S/c1-9-10-15-32-52-41-28-24-35-18-11-13-20-39(35)45(41)50(5,6)43(52)30-26-37-22-23-38(47(37)58-48(54)59-49(2,3)4)27-31-44-51(7,8)46-40-21-14-12-19-36(40)25-29-42(46)53(44)33-16-17-34-60(55,56)57/h11-14,18-21,24-31H,9-10,15-17,22-23,32-34H2,1-8H3/p+1. The Labute approximate surface area is 356 Å². The minimum absolute atomic E-state index is 0.272. The summed E-state index contributed by atoms with van der Waals surface area (Å²) in [5, 5.41) is 4.83. The second-order valence-electron chi connectivity index (χ2n) is 18.5. The number of hydrogen-bond acceptors (Lipinski definition) is 6. The number of nitrogens with zero attached hydrogens (tertiary/aromatic N) is 2. The first-order valence-corrected chi connectivity index (χ1v) is 23.2. The van der Waals surface area contributed by atoms with Gasteiger partial charge < -0.3 is 14.4 Å². The SMILES string of the molecule is CCCCC[N+]1=C(/C=C/C2=C(OC(=O)OC(C)(C)C)C(=C/C=C3/N(CCCCS(=O)(=O)O)c4ccc5ccccc5c4C3(C)C)/CC2)C(C)(C)c2c1ccc1ccccc21. The van der Waals surface area contributed by atoms with Gasteiger partial charge in [0.2, 0.25) is 5.69 Å². The largest absolute Gasteiger partial charge is 0.514 e. The van der Waals surface area contributed by atoms with Crippen molar-refractivity contribution in [3.8, 4) is 0 Å². The maximum Gasteiger partial charge on any atom is 0.514 e. The minimum atomic E-state index is -4.06. The third kappa shape index (κ3) is 8.75. The molecular weight excluding hydrogens is 769 g/mol. The number of carbonyl (C=O) groups is 1. The number of fused-ring (bicyclic) bond motifs is 6. The van der Waals surface area contributed by atoms with E-state index in [4.69, 9.17) is 9.47 Å². The summed E-state index contributed by atoms with van der Waals surface area (Å²) in [5.74, 6) is 0.243. The average Bonchev–Trinajstić information content (AvgIpc) is 3.73. The van der Waals surface area contributed by atoms with Crippen molar-refractivity contribution < 1.29 is 31.8 Å². The van der Waals surface area contributed by atoms with Crippen LogP contribution in [0.5, 0.6) is 0 Å². The fourth-order valence-electron chi connectivity index (χ4n) is 9.49. The lowest BCUT2D eigenvalue weighted by molar-refractivity contribution is -0.438. The number of allylic oxidation sites excluding steroid dienone is 7. The second kappa shape index (κ2) is 16.8. The number of benzene rings is 4. The highest BCUT2D eigenvalue weighted by Crippen LogP contribution is 2.51. The van der Waals surface area contributed by atoms with Crippen LogP contribution in [0.3, 0.4) is 0 Å². The van der Waals surface area contributed by atoms with Crippen molar-refractivity contribution in [2.75, 3.05) is 23.7 Å². The Morgan fingerprint density at radius 3 is 2.15 bits per heavy atom. The van der Waals surface area contributed by atoms with Gasteiger partial charge in [-0.2, -0.15) is 13.0 Å². The summed E-state index contributed by atoms with van der Waals surface area (Å²) in [6, 6.07) is 25.8. The van der Waals surface area contributed by atoms with Crippen LogP contribution in [0.1, 0.15) is 111 Å². The van der Waals surface area contributed by atoms with E-state index in [1.54, 1.807) is 0 Å². The molecule has 60 heavy (non-hydrogen) atoms. The van der Waals surface area contributed by atoms with Gasteiger partial charge in [0, 0.05) is 47.5 Å². The summed E-state index contributed by atoms with van der Waals surface area (Å²) < 4.78 is 47.0. The molecular formula is C51H61N2O6S+. The topological polar surface area (TPSA) is 96.2 Å². The molecule has 0 radical (unpaired) electrons. The Morgan fingerprint density at radius 2 is 1.48 bits per heavy atom. The summed E-state index contributed by atoms with van der Waals surface area (Å²) in [5.41, 5.74) is 7.60. The van der Waals surface area contributed by atoms with Gasteiger partial charge >= 0.3 is 6.16 Å². The van der Waals surface area contributed by atoms with E-state index >= 15 is 0 Å². The molecule has 316 valence electrons. The fraction of sp³-hybridized carbons (Fsp3) is 0.412. The van der Waals surface area contributed by atoms with Crippen LogP contribution in [-0.4, -0.2) is 53.9 Å². The van der Waals surface area contributed by atoms with Crippen molar-refractivity contribution in [3.05, 3.63) is 131 Å². The molecule has 2 heterocycles. The first-order valence-electron chi connectivity index (χ1n) is 21.6. The van der Waals surface area contributed by atoms with E-state index in [2.05, 4.69) is 135 Å². The zero-order valence-electron chi connectivity index (χ0n) is 36.6. The zero-order valence-corrected chi connectivity index (χ0v) is 37.4. The molecule has 0 spiro atoms. The van der Waals surface area contributed by atoms with E-state index in [9.17, 15) is 17.8 Å². The monoisotopic (exact) mass is 829 g/mol. The van der Waals surface area contributed by atoms with Crippen molar-refractivity contribution in [2.45, 2.75) is 117 Å². The Kier molecular flexibility index (Phi) is 12.1. The first kappa shape index (κ1) is 43.1. The van der Waals surface area contributed by atoms with Gasteiger partial charge in [-0.3, -0.25) is 4.55 Å². The van der Waals surface area contributed by atoms with Crippen LogP contribution in [-0.2, 0) is 30.4 Å². The molecule has 8 nitrogen and oxygen atoms in total. The van der Waals surface area contributed by atoms with Crippen LogP contribution in [0.15, 0.2) is 120 Å². The second-order valence-corrected chi connectivity index (χ2v) is 20.1. The molecule has 0 bridgehead atoms. The van der Waals surface area contributed by atoms with E-state index in [-0.39, 0.29) is 11.2 Å². The van der Waals surface area contributed by atoms with Crippen molar-refractivity contribution in [1.82, 2.24) is 0 Å². The molecule has 0 saturated heterocycles. The van der Waals surface area contributed by atoms with Crippen LogP contribution in [0.25, 0.3) is 21.5 Å². The molecule has 0 unspecified atom stereocenters. The van der Waals surface area contributed by atoms with Gasteiger partial charge in [0.1, 0.15) is 17.9 Å². The average molecular weight is 830 g/mol. The zero-order chi connectivity index (χ0) is 43.0. The van der Waals surface area contributed by atoms with Gasteiger partial charge in [0.15, 0.2) is 5.71 Å². The minimum Gasteiger partial charge on any atom is -0.428 e. The number of hydrogen-bond donors (Lipinski definition) is 1. The van der Waals surface area contributed by atoms with Crippen LogP contribution in [0.2, 0.25) is 0 Å². The molecule has 0 aromatic heterocycles. The molecule has 4 aromatic rings. The quantitative estimate of drug-likeness (QED) is 0.0620. The maximum absolute atomic E-state index is 13.4. The third-order valence-corrected chi connectivity index (χ3v) is 13.0. The van der Waals surface area contributed by atoms with Gasteiger partial charge in [-0.25, -0.2) is 4.79 Å². The molecule has 7 rings (SSSR count). The number of unbranched alkanes of at least 4 members (excludes halogenated alkanes) is 3. The molecule has 0 atom stereocenters. The smallest absolute Gasteiger partial charge is 0.428 e. The van der Waals surface area contributed by atoms with Gasteiger partial charge in [0.25, 0.3) is 10.1 Å². The van der Waals surface area contributed by atoms with Crippen molar-refractivity contribution in [3.63, 3.8) is 0 Å². The normalized spacial score (nSPS) is 18.8. The molecule has 2 aliphatic heterocycles. The highest BCUT2D eigenvalue weighted by Gasteiger charge is 2.46. The fourth-order valence-corrected chi connectivity index (χ4v) is 10.1. The molecule has 3 aliphatic rings. The molecule has 4 aromatic carbocycles. The highest BCUT2D eigenvalue weighted by atomic mass is 32.2. The summed E-state index contributed by atoms with van der Waals surface area (Å²) in [7, 11) is -4.06. The summed E-state index contributed by atoms with van der Waals surface area (Å²) in [6.45, 7) is 18.3. The van der Waals surface area contributed by atoms with E-state index in [1.807, 2.05) is 26.8 Å². The van der Waals surface area contributed by atoms with E-state index in [0.717, 1.165) is 53.7 Å². The lowest BCUT2D eigenvalue weighted by Crippen LogP contribution is -2.28. The molecule has 9 heteroatoms. The highest BCUT2D eigenvalue weighted by molar-refractivity contribution is 7.85. The van der Waals surface area contributed by atoms with E-state index in [0.29, 0.717) is 38.0 Å². The Balaban J connectivity index is 1.30. The first-order chi connectivity index (χ1) is 28.4. The summed E-state index contributed by atoms with van der Waals surface area (Å²) in [6.07, 6.45) is 13.5. The Hall–Kier alpha value is -4.99.